The van der Waals surface area contributed by atoms with Crippen LogP contribution in [0.1, 0.15) is 45.1 Å². The van der Waals surface area contributed by atoms with Crippen LogP contribution in [-0.4, -0.2) is 29.5 Å². The molecular weight excluding hydrogens is 430 g/mol. The van der Waals surface area contributed by atoms with Crippen LogP contribution >= 0.6 is 0 Å². The molecule has 0 aliphatic heterocycles. The number of aryl methyl sites for hydroxylation is 2. The van der Waals surface area contributed by atoms with E-state index in [9.17, 15) is 14.7 Å². The highest BCUT2D eigenvalue weighted by molar-refractivity contribution is 5.95. The van der Waals surface area contributed by atoms with Crippen molar-refractivity contribution >= 4 is 12.1 Å². The Morgan fingerprint density at radius 3 is 2.38 bits per heavy atom. The van der Waals surface area contributed by atoms with Crippen molar-refractivity contribution in [1.82, 2.24) is 5.32 Å². The van der Waals surface area contributed by atoms with Crippen molar-refractivity contribution in [3.63, 3.8) is 0 Å². The molecule has 3 aromatic rings. The highest BCUT2D eigenvalue weighted by atomic mass is 16.7. The molecule has 6 nitrogen and oxygen atoms in total. The fourth-order valence-electron chi connectivity index (χ4n) is 4.48. The quantitative estimate of drug-likeness (QED) is 0.362. The molecule has 0 unspecified atom stereocenters. The molecule has 0 heterocycles. The summed E-state index contributed by atoms with van der Waals surface area (Å²) in [5, 5.41) is 12.2. The van der Waals surface area contributed by atoms with Crippen LogP contribution in [0.15, 0.2) is 66.7 Å². The van der Waals surface area contributed by atoms with Crippen molar-refractivity contribution in [3.8, 4) is 5.75 Å². The molecule has 0 aromatic heterocycles. The van der Waals surface area contributed by atoms with E-state index >= 15 is 0 Å². The molecule has 0 bridgehead atoms. The molecule has 0 saturated carbocycles. The van der Waals surface area contributed by atoms with Gasteiger partial charge in [0.2, 0.25) is 0 Å². The van der Waals surface area contributed by atoms with E-state index in [-0.39, 0.29) is 12.8 Å². The number of hydrogen-bond donors (Lipinski definition) is 2. The highest BCUT2D eigenvalue weighted by Crippen LogP contribution is 2.32. The number of benzene rings is 3. The van der Waals surface area contributed by atoms with E-state index in [2.05, 4.69) is 30.4 Å². The van der Waals surface area contributed by atoms with E-state index in [0.717, 1.165) is 29.5 Å². The predicted octanol–water partition coefficient (Wildman–Crippen LogP) is 5.10. The maximum absolute atomic E-state index is 13.2. The SMILES string of the molecule is CCc1ccc(C(=O)NC2(OC(=O)O)Cc3ccccc3C2)cc1OCCc1cccc(C)c1. The van der Waals surface area contributed by atoms with E-state index in [4.69, 9.17) is 9.47 Å². The van der Waals surface area contributed by atoms with Gasteiger partial charge in [-0.15, -0.1) is 0 Å². The van der Waals surface area contributed by atoms with Crippen LogP contribution in [-0.2, 0) is 30.4 Å². The summed E-state index contributed by atoms with van der Waals surface area (Å²) in [6.45, 7) is 4.59. The normalized spacial score (nSPS) is 13.7. The van der Waals surface area contributed by atoms with Crippen molar-refractivity contribution in [2.45, 2.75) is 45.3 Å². The fourth-order valence-corrected chi connectivity index (χ4v) is 4.48. The number of ether oxygens (including phenoxy) is 2. The van der Waals surface area contributed by atoms with Gasteiger partial charge in [-0.1, -0.05) is 67.1 Å². The molecule has 0 fully saturated rings. The van der Waals surface area contributed by atoms with Gasteiger partial charge in [0.25, 0.3) is 5.91 Å². The Balaban J connectivity index is 1.49. The lowest BCUT2D eigenvalue weighted by atomic mass is 10.1. The first-order valence-corrected chi connectivity index (χ1v) is 11.5. The molecule has 34 heavy (non-hydrogen) atoms. The zero-order chi connectivity index (χ0) is 24.1. The zero-order valence-electron chi connectivity index (χ0n) is 19.5. The summed E-state index contributed by atoms with van der Waals surface area (Å²) < 4.78 is 11.3. The summed E-state index contributed by atoms with van der Waals surface area (Å²) in [5.41, 5.74) is 4.40. The molecule has 6 heteroatoms. The molecule has 4 rings (SSSR count). The maximum atomic E-state index is 13.2. The number of nitrogens with one attached hydrogen (secondary N) is 1. The monoisotopic (exact) mass is 459 g/mol. The number of rotatable bonds is 8. The van der Waals surface area contributed by atoms with Crippen molar-refractivity contribution < 1.29 is 24.2 Å². The van der Waals surface area contributed by atoms with Crippen molar-refractivity contribution in [2.24, 2.45) is 0 Å². The molecule has 2 N–H and O–H groups in total. The standard InChI is InChI=1S/C28H29NO5/c1-3-21-11-12-22(16-25(21)33-14-13-20-8-6-7-19(2)15-20)26(30)29-28(34-27(31)32)17-23-9-4-5-10-24(23)18-28/h4-12,15-16H,3,13-14,17-18H2,1-2H3,(H,29,30)(H,31,32). The van der Waals surface area contributed by atoms with Gasteiger partial charge in [-0.25, -0.2) is 4.79 Å². The Hall–Kier alpha value is -3.80. The Labute approximate surface area is 199 Å². The zero-order valence-corrected chi connectivity index (χ0v) is 19.5. The number of carbonyl (C=O) groups excluding carboxylic acids is 1. The number of carboxylic acid groups (broad SMARTS) is 1. The lowest BCUT2D eigenvalue weighted by Gasteiger charge is -2.28. The van der Waals surface area contributed by atoms with Crippen LogP contribution in [0.25, 0.3) is 0 Å². The maximum Gasteiger partial charge on any atom is 0.507 e. The van der Waals surface area contributed by atoms with Gasteiger partial charge in [0, 0.05) is 24.8 Å². The Morgan fingerprint density at radius 2 is 1.74 bits per heavy atom. The average molecular weight is 460 g/mol. The minimum absolute atomic E-state index is 0.286. The number of carbonyl (C=O) groups is 2. The lowest BCUT2D eigenvalue weighted by Crippen LogP contribution is -2.52. The third-order valence-electron chi connectivity index (χ3n) is 6.14. The van der Waals surface area contributed by atoms with Gasteiger partial charge in [0.1, 0.15) is 5.75 Å². The fraction of sp³-hybridized carbons (Fsp3) is 0.286. The second kappa shape index (κ2) is 10.00. The van der Waals surface area contributed by atoms with Gasteiger partial charge in [0.15, 0.2) is 5.72 Å². The molecule has 0 radical (unpaired) electrons. The second-order valence-corrected chi connectivity index (χ2v) is 8.70. The summed E-state index contributed by atoms with van der Waals surface area (Å²) in [7, 11) is 0. The van der Waals surface area contributed by atoms with Crippen molar-refractivity contribution in [1.29, 1.82) is 0 Å². The van der Waals surface area contributed by atoms with E-state index in [1.165, 1.54) is 11.1 Å². The van der Waals surface area contributed by atoms with Crippen LogP contribution in [0.3, 0.4) is 0 Å². The number of amides is 1. The molecular formula is C28H29NO5. The molecule has 3 aromatic carbocycles. The topological polar surface area (TPSA) is 84.9 Å². The van der Waals surface area contributed by atoms with Crippen LogP contribution in [0.5, 0.6) is 5.75 Å². The van der Waals surface area contributed by atoms with Crippen LogP contribution in [0.2, 0.25) is 0 Å². The molecule has 0 saturated heterocycles. The Morgan fingerprint density at radius 1 is 1.00 bits per heavy atom. The van der Waals surface area contributed by atoms with E-state index in [0.29, 0.717) is 17.9 Å². The summed E-state index contributed by atoms with van der Waals surface area (Å²) >= 11 is 0. The number of hydrogen-bond acceptors (Lipinski definition) is 4. The van der Waals surface area contributed by atoms with E-state index < -0.39 is 17.8 Å². The number of fused-ring (bicyclic) bond motifs is 1. The highest BCUT2D eigenvalue weighted by Gasteiger charge is 2.42. The third-order valence-corrected chi connectivity index (χ3v) is 6.14. The molecule has 0 spiro atoms. The summed E-state index contributed by atoms with van der Waals surface area (Å²) in [6.07, 6.45) is 0.676. The summed E-state index contributed by atoms with van der Waals surface area (Å²) in [6, 6.07) is 21.3. The molecule has 0 atom stereocenters. The van der Waals surface area contributed by atoms with E-state index in [1.807, 2.05) is 43.3 Å². The molecule has 1 amide bonds. The van der Waals surface area contributed by atoms with Gasteiger partial charge >= 0.3 is 6.16 Å². The minimum atomic E-state index is -1.42. The van der Waals surface area contributed by atoms with Gasteiger partial charge in [-0.05, 0) is 47.7 Å². The lowest BCUT2D eigenvalue weighted by molar-refractivity contribution is -0.0299. The van der Waals surface area contributed by atoms with Gasteiger partial charge in [-0.2, -0.15) is 0 Å². The Kier molecular flexibility index (Phi) is 6.87. The van der Waals surface area contributed by atoms with Crippen LogP contribution in [0.4, 0.5) is 4.79 Å². The Bertz CT molecular complexity index is 1180. The average Bonchev–Trinajstić information content (AvgIpc) is 3.15. The first-order valence-electron chi connectivity index (χ1n) is 11.5. The van der Waals surface area contributed by atoms with E-state index in [1.54, 1.807) is 12.1 Å². The van der Waals surface area contributed by atoms with Crippen LogP contribution < -0.4 is 10.1 Å². The largest absolute Gasteiger partial charge is 0.507 e. The first kappa shape index (κ1) is 23.4. The van der Waals surface area contributed by atoms with Crippen molar-refractivity contribution in [3.05, 3.63) is 100 Å². The van der Waals surface area contributed by atoms with Gasteiger partial charge in [0.05, 0.1) is 6.61 Å². The second-order valence-electron chi connectivity index (χ2n) is 8.70. The third kappa shape index (κ3) is 5.39. The summed E-state index contributed by atoms with van der Waals surface area (Å²) in [4.78, 5) is 24.6. The summed E-state index contributed by atoms with van der Waals surface area (Å²) in [5.74, 6) is 0.256. The van der Waals surface area contributed by atoms with Crippen molar-refractivity contribution in [2.75, 3.05) is 6.61 Å². The molecule has 1 aliphatic carbocycles. The first-order chi connectivity index (χ1) is 16.4. The smallest absolute Gasteiger partial charge is 0.493 e. The molecule has 176 valence electrons. The van der Waals surface area contributed by atoms with Gasteiger partial charge in [-0.3, -0.25) is 4.79 Å². The predicted molar refractivity (Wildman–Crippen MR) is 129 cm³/mol. The van der Waals surface area contributed by atoms with Gasteiger partial charge < -0.3 is 19.9 Å². The minimum Gasteiger partial charge on any atom is -0.493 e. The molecule has 1 aliphatic rings. The van der Waals surface area contributed by atoms with Crippen LogP contribution in [0, 0.1) is 6.92 Å².